The first-order chi connectivity index (χ1) is 10.1. The molecule has 2 aromatic carbocycles. The minimum absolute atomic E-state index is 0.472. The van der Waals surface area contributed by atoms with Gasteiger partial charge in [0.1, 0.15) is 12.4 Å². The van der Waals surface area contributed by atoms with E-state index in [1.54, 1.807) is 0 Å². The fraction of sp³-hybridized carbons (Fsp3) is 0.188. The second-order valence-corrected chi connectivity index (χ2v) is 5.36. The number of aryl methyl sites for hydroxylation is 1. The smallest absolute Gasteiger partial charge is 0.201 e. The molecule has 5 heteroatoms. The van der Waals surface area contributed by atoms with Gasteiger partial charge in [0.2, 0.25) is 5.95 Å². The number of ether oxygens (including phenoxy) is 1. The van der Waals surface area contributed by atoms with E-state index in [0.717, 1.165) is 16.8 Å². The van der Waals surface area contributed by atoms with Gasteiger partial charge < -0.3 is 15.0 Å². The highest BCUT2D eigenvalue weighted by Gasteiger charge is 2.08. The number of halogens is 1. The van der Waals surface area contributed by atoms with Crippen LogP contribution in [-0.4, -0.2) is 16.2 Å². The SMILES string of the molecule is Cc1cccc(OCCn2c(N)nc3ccc(Cl)cc32)c1. The molecule has 0 saturated carbocycles. The van der Waals surface area contributed by atoms with Gasteiger partial charge >= 0.3 is 0 Å². The van der Waals surface area contributed by atoms with Gasteiger partial charge in [-0.3, -0.25) is 0 Å². The summed E-state index contributed by atoms with van der Waals surface area (Å²) >= 11 is 6.03. The maximum Gasteiger partial charge on any atom is 0.201 e. The predicted octanol–water partition coefficient (Wildman–Crippen LogP) is 3.66. The number of fused-ring (bicyclic) bond motifs is 1. The third-order valence-electron chi connectivity index (χ3n) is 3.31. The lowest BCUT2D eigenvalue weighted by atomic mass is 10.2. The summed E-state index contributed by atoms with van der Waals surface area (Å²) in [6, 6.07) is 13.5. The van der Waals surface area contributed by atoms with Crippen LogP contribution in [0.4, 0.5) is 5.95 Å². The van der Waals surface area contributed by atoms with Crippen LogP contribution in [0.1, 0.15) is 5.56 Å². The summed E-state index contributed by atoms with van der Waals surface area (Å²) in [5, 5.41) is 0.670. The number of aromatic nitrogens is 2. The van der Waals surface area contributed by atoms with Crippen LogP contribution in [0.3, 0.4) is 0 Å². The Balaban J connectivity index is 1.76. The molecular formula is C16H16ClN3O. The van der Waals surface area contributed by atoms with Crippen molar-refractivity contribution in [3.05, 3.63) is 53.1 Å². The Labute approximate surface area is 128 Å². The van der Waals surface area contributed by atoms with Gasteiger partial charge in [0, 0.05) is 5.02 Å². The van der Waals surface area contributed by atoms with Crippen molar-refractivity contribution in [1.82, 2.24) is 9.55 Å². The molecule has 0 saturated heterocycles. The van der Waals surface area contributed by atoms with Crippen molar-refractivity contribution < 1.29 is 4.74 Å². The Bertz CT molecular complexity index is 782. The predicted molar refractivity (Wildman–Crippen MR) is 85.8 cm³/mol. The van der Waals surface area contributed by atoms with E-state index in [-0.39, 0.29) is 0 Å². The van der Waals surface area contributed by atoms with Gasteiger partial charge in [-0.2, -0.15) is 0 Å². The number of hydrogen-bond acceptors (Lipinski definition) is 3. The quantitative estimate of drug-likeness (QED) is 0.800. The van der Waals surface area contributed by atoms with Crippen LogP contribution in [0.2, 0.25) is 5.02 Å². The molecule has 2 N–H and O–H groups in total. The van der Waals surface area contributed by atoms with Crippen molar-refractivity contribution in [2.24, 2.45) is 0 Å². The molecule has 0 spiro atoms. The van der Waals surface area contributed by atoms with Crippen LogP contribution in [-0.2, 0) is 6.54 Å². The van der Waals surface area contributed by atoms with E-state index in [9.17, 15) is 0 Å². The number of nitrogens with zero attached hydrogens (tertiary/aromatic N) is 2. The lowest BCUT2D eigenvalue weighted by Gasteiger charge is -2.09. The minimum atomic E-state index is 0.472. The largest absolute Gasteiger partial charge is 0.492 e. The first-order valence-electron chi connectivity index (χ1n) is 6.74. The van der Waals surface area contributed by atoms with E-state index in [2.05, 4.69) is 4.98 Å². The molecule has 108 valence electrons. The van der Waals surface area contributed by atoms with Crippen LogP contribution >= 0.6 is 11.6 Å². The molecule has 3 rings (SSSR count). The molecule has 0 radical (unpaired) electrons. The Morgan fingerprint density at radius 2 is 2.10 bits per heavy atom. The normalized spacial score (nSPS) is 11.0. The maximum absolute atomic E-state index is 6.03. The van der Waals surface area contributed by atoms with Crippen LogP contribution in [0.5, 0.6) is 5.75 Å². The van der Waals surface area contributed by atoms with Crippen LogP contribution < -0.4 is 10.5 Å². The third kappa shape index (κ3) is 2.95. The second-order valence-electron chi connectivity index (χ2n) is 4.92. The molecule has 21 heavy (non-hydrogen) atoms. The first-order valence-corrected chi connectivity index (χ1v) is 7.12. The van der Waals surface area contributed by atoms with Crippen molar-refractivity contribution in [1.29, 1.82) is 0 Å². The molecule has 4 nitrogen and oxygen atoms in total. The van der Waals surface area contributed by atoms with Crippen molar-refractivity contribution in [3.8, 4) is 5.75 Å². The number of anilines is 1. The van der Waals surface area contributed by atoms with E-state index in [1.807, 2.05) is 54.0 Å². The molecular weight excluding hydrogens is 286 g/mol. The van der Waals surface area contributed by atoms with Gasteiger partial charge in [-0.25, -0.2) is 4.98 Å². The Hall–Kier alpha value is -2.20. The number of benzene rings is 2. The molecule has 0 fully saturated rings. The fourth-order valence-electron chi connectivity index (χ4n) is 2.31. The zero-order chi connectivity index (χ0) is 14.8. The Morgan fingerprint density at radius 1 is 1.24 bits per heavy atom. The highest BCUT2D eigenvalue weighted by molar-refractivity contribution is 6.31. The van der Waals surface area contributed by atoms with Crippen molar-refractivity contribution in [3.63, 3.8) is 0 Å². The molecule has 0 unspecified atom stereocenters. The van der Waals surface area contributed by atoms with Crippen molar-refractivity contribution >= 4 is 28.6 Å². The van der Waals surface area contributed by atoms with Crippen molar-refractivity contribution in [2.75, 3.05) is 12.3 Å². The highest BCUT2D eigenvalue weighted by atomic mass is 35.5. The summed E-state index contributed by atoms with van der Waals surface area (Å²) in [5.41, 5.74) is 8.90. The molecule has 0 aliphatic heterocycles. The second kappa shape index (κ2) is 5.66. The Kier molecular flexibility index (Phi) is 3.71. The molecule has 1 heterocycles. The number of nitrogens with two attached hydrogens (primary N) is 1. The number of hydrogen-bond donors (Lipinski definition) is 1. The summed E-state index contributed by atoms with van der Waals surface area (Å²) in [6.07, 6.45) is 0. The van der Waals surface area contributed by atoms with Crippen LogP contribution in [0.15, 0.2) is 42.5 Å². The molecule has 1 aromatic heterocycles. The monoisotopic (exact) mass is 301 g/mol. The number of imidazole rings is 1. The summed E-state index contributed by atoms with van der Waals surface area (Å²) < 4.78 is 7.67. The fourth-order valence-corrected chi connectivity index (χ4v) is 2.48. The first kappa shape index (κ1) is 13.8. The third-order valence-corrected chi connectivity index (χ3v) is 3.55. The van der Waals surface area contributed by atoms with Crippen LogP contribution in [0.25, 0.3) is 11.0 Å². The number of nitrogen functional groups attached to an aromatic ring is 1. The van der Waals surface area contributed by atoms with Gasteiger partial charge in [-0.15, -0.1) is 0 Å². The van der Waals surface area contributed by atoms with E-state index < -0.39 is 0 Å². The average Bonchev–Trinajstić information content (AvgIpc) is 2.75. The van der Waals surface area contributed by atoms with E-state index in [1.165, 1.54) is 5.56 Å². The molecule has 0 amide bonds. The standard InChI is InChI=1S/C16H16ClN3O/c1-11-3-2-4-13(9-11)21-8-7-20-15-10-12(17)5-6-14(15)19-16(20)18/h2-6,9-10H,7-8H2,1H3,(H2,18,19). The lowest BCUT2D eigenvalue weighted by Crippen LogP contribution is -2.10. The molecule has 0 bridgehead atoms. The average molecular weight is 302 g/mol. The van der Waals surface area contributed by atoms with E-state index in [0.29, 0.717) is 24.1 Å². The molecule has 0 atom stereocenters. The van der Waals surface area contributed by atoms with Crippen molar-refractivity contribution in [2.45, 2.75) is 13.5 Å². The summed E-state index contributed by atoms with van der Waals surface area (Å²) in [4.78, 5) is 4.32. The zero-order valence-corrected chi connectivity index (χ0v) is 12.5. The van der Waals surface area contributed by atoms with Gasteiger partial charge in [-0.05, 0) is 42.8 Å². The van der Waals surface area contributed by atoms with Gasteiger partial charge in [0.15, 0.2) is 0 Å². The summed E-state index contributed by atoms with van der Waals surface area (Å²) in [5.74, 6) is 1.33. The summed E-state index contributed by atoms with van der Waals surface area (Å²) in [6.45, 7) is 3.18. The lowest BCUT2D eigenvalue weighted by molar-refractivity contribution is 0.301. The summed E-state index contributed by atoms with van der Waals surface area (Å²) in [7, 11) is 0. The molecule has 0 aliphatic carbocycles. The molecule has 0 aliphatic rings. The van der Waals surface area contributed by atoms with Crippen LogP contribution in [0, 0.1) is 6.92 Å². The Morgan fingerprint density at radius 3 is 2.90 bits per heavy atom. The van der Waals surface area contributed by atoms with Gasteiger partial charge in [0.25, 0.3) is 0 Å². The topological polar surface area (TPSA) is 53.1 Å². The minimum Gasteiger partial charge on any atom is -0.492 e. The zero-order valence-electron chi connectivity index (χ0n) is 11.7. The van der Waals surface area contributed by atoms with Gasteiger partial charge in [-0.1, -0.05) is 23.7 Å². The van der Waals surface area contributed by atoms with E-state index >= 15 is 0 Å². The van der Waals surface area contributed by atoms with Gasteiger partial charge in [0.05, 0.1) is 17.6 Å². The van der Waals surface area contributed by atoms with E-state index in [4.69, 9.17) is 22.1 Å². The molecule has 3 aromatic rings. The maximum atomic E-state index is 6.03. The highest BCUT2D eigenvalue weighted by Crippen LogP contribution is 2.22. The number of rotatable bonds is 4.